The van der Waals surface area contributed by atoms with E-state index in [-0.39, 0.29) is 0 Å². The highest BCUT2D eigenvalue weighted by Crippen LogP contribution is 2.17. The number of aromatic nitrogens is 2. The second-order valence-electron chi connectivity index (χ2n) is 2.84. The first kappa shape index (κ1) is 7.79. The summed E-state index contributed by atoms with van der Waals surface area (Å²) in [5, 5.41) is 0.660. The average molecular weight is 174 g/mol. The van der Waals surface area contributed by atoms with E-state index < -0.39 is 5.91 Å². The molecule has 0 saturated heterocycles. The third-order valence-electron chi connectivity index (χ3n) is 1.94. The number of nitrogens with two attached hydrogens (primary N) is 1. The molecule has 0 bridgehead atoms. The van der Waals surface area contributed by atoms with Gasteiger partial charge in [-0.25, -0.2) is 4.98 Å². The van der Waals surface area contributed by atoms with Gasteiger partial charge in [0.05, 0.1) is 5.56 Å². The predicted octanol–water partition coefficient (Wildman–Crippen LogP) is 0.770. The number of fused-ring (bicyclic) bond motifs is 1. The second kappa shape index (κ2) is 2.58. The highest BCUT2D eigenvalue weighted by molar-refractivity contribution is 6.05. The largest absolute Gasteiger partial charge is 0.366 e. The molecule has 0 aliphatic rings. The number of carbonyl (C=O) groups is 1. The smallest absolute Gasteiger partial charge is 0.249 e. The summed E-state index contributed by atoms with van der Waals surface area (Å²) < 4.78 is 0. The van der Waals surface area contributed by atoms with Crippen molar-refractivity contribution >= 4 is 16.9 Å². The highest BCUT2D eigenvalue weighted by Gasteiger charge is 2.11. The van der Waals surface area contributed by atoms with Crippen molar-refractivity contribution < 1.29 is 4.79 Å². The Labute approximate surface area is 74.8 Å². The summed E-state index contributed by atoms with van der Waals surface area (Å²) in [6.07, 6.45) is 3.23. The Morgan fingerprint density at radius 3 is 3.15 bits per heavy atom. The van der Waals surface area contributed by atoms with Crippen LogP contribution in [-0.2, 0) is 0 Å². The molecule has 1 amide bonds. The van der Waals surface area contributed by atoms with Gasteiger partial charge >= 0.3 is 0 Å². The van der Waals surface area contributed by atoms with Crippen molar-refractivity contribution in [2.75, 3.05) is 0 Å². The molecule has 2 aromatic rings. The van der Waals surface area contributed by atoms with Crippen LogP contribution in [0.5, 0.6) is 0 Å². The number of primary amides is 1. The summed E-state index contributed by atoms with van der Waals surface area (Å²) in [7, 11) is 0. The van der Waals surface area contributed by atoms with Gasteiger partial charge in [0, 0.05) is 23.8 Å². The van der Waals surface area contributed by atoms with Gasteiger partial charge in [-0.2, -0.15) is 0 Å². The molecule has 0 unspecified atom stereocenters. The minimum absolute atomic E-state index is 0.444. The van der Waals surface area contributed by atoms with Crippen molar-refractivity contribution in [3.05, 3.63) is 29.6 Å². The van der Waals surface area contributed by atoms with Gasteiger partial charge in [0.2, 0.25) is 5.91 Å². The van der Waals surface area contributed by atoms with Gasteiger partial charge in [0.1, 0.15) is 5.65 Å². The standard InChI is InChI=1S/C9H8N3O/c1-5-4-12-9-6(2-3-11-9)7(5)8(10)13/h3-4H,1H3,(H2,10,13)(H,11,12). The Morgan fingerprint density at radius 1 is 1.69 bits per heavy atom. The first-order valence-corrected chi connectivity index (χ1v) is 3.84. The molecule has 0 aliphatic heterocycles. The van der Waals surface area contributed by atoms with Crippen LogP contribution in [0, 0.1) is 13.0 Å². The lowest BCUT2D eigenvalue weighted by Crippen LogP contribution is -2.13. The fraction of sp³-hybridized carbons (Fsp3) is 0.111. The average Bonchev–Trinajstić information content (AvgIpc) is 2.50. The summed E-state index contributed by atoms with van der Waals surface area (Å²) in [5.41, 5.74) is 7.14. The van der Waals surface area contributed by atoms with Crippen molar-refractivity contribution in [2.45, 2.75) is 6.92 Å². The van der Waals surface area contributed by atoms with Crippen LogP contribution in [0.2, 0.25) is 0 Å². The van der Waals surface area contributed by atoms with Crippen LogP contribution in [-0.4, -0.2) is 15.9 Å². The molecule has 2 rings (SSSR count). The maximum Gasteiger partial charge on any atom is 0.249 e. The normalized spacial score (nSPS) is 10.5. The zero-order valence-corrected chi connectivity index (χ0v) is 7.09. The molecule has 65 valence electrons. The molecule has 1 radical (unpaired) electrons. The number of pyridine rings is 1. The third-order valence-corrected chi connectivity index (χ3v) is 1.94. The number of nitrogens with zero attached hydrogens (tertiary/aromatic N) is 1. The first-order chi connectivity index (χ1) is 6.20. The Hall–Kier alpha value is -1.84. The van der Waals surface area contributed by atoms with Crippen molar-refractivity contribution in [3.63, 3.8) is 0 Å². The van der Waals surface area contributed by atoms with Crippen LogP contribution < -0.4 is 5.73 Å². The Kier molecular flexibility index (Phi) is 1.55. The molecule has 2 aromatic heterocycles. The summed E-state index contributed by atoms with van der Waals surface area (Å²) >= 11 is 0. The summed E-state index contributed by atoms with van der Waals surface area (Å²) in [4.78, 5) is 18.1. The summed E-state index contributed by atoms with van der Waals surface area (Å²) in [6.45, 7) is 1.80. The quantitative estimate of drug-likeness (QED) is 0.670. The van der Waals surface area contributed by atoms with Gasteiger partial charge in [0.15, 0.2) is 0 Å². The molecule has 4 nitrogen and oxygen atoms in total. The fourth-order valence-corrected chi connectivity index (χ4v) is 1.35. The molecule has 3 N–H and O–H groups in total. The van der Waals surface area contributed by atoms with E-state index in [1.165, 1.54) is 0 Å². The minimum Gasteiger partial charge on any atom is -0.366 e. The van der Waals surface area contributed by atoms with Crippen LogP contribution >= 0.6 is 0 Å². The third kappa shape index (κ3) is 1.07. The molecular weight excluding hydrogens is 166 g/mol. The Balaban J connectivity index is 2.88. The number of carbonyl (C=O) groups excluding carboxylic acids is 1. The number of rotatable bonds is 1. The van der Waals surface area contributed by atoms with Crippen LogP contribution in [0.3, 0.4) is 0 Å². The first-order valence-electron chi connectivity index (χ1n) is 3.84. The van der Waals surface area contributed by atoms with Gasteiger partial charge in [-0.05, 0) is 12.5 Å². The van der Waals surface area contributed by atoms with Gasteiger partial charge in [0.25, 0.3) is 0 Å². The minimum atomic E-state index is -0.444. The van der Waals surface area contributed by atoms with E-state index in [1.54, 1.807) is 19.3 Å². The van der Waals surface area contributed by atoms with E-state index >= 15 is 0 Å². The fourth-order valence-electron chi connectivity index (χ4n) is 1.35. The van der Waals surface area contributed by atoms with Crippen molar-refractivity contribution in [1.29, 1.82) is 0 Å². The Morgan fingerprint density at radius 2 is 2.46 bits per heavy atom. The summed E-state index contributed by atoms with van der Waals surface area (Å²) in [5.74, 6) is -0.444. The number of amides is 1. The number of H-pyrrole nitrogens is 1. The molecule has 0 aliphatic carbocycles. The van der Waals surface area contributed by atoms with E-state index in [4.69, 9.17) is 5.73 Å². The lowest BCUT2D eigenvalue weighted by Gasteiger charge is -2.01. The monoisotopic (exact) mass is 174 g/mol. The SMILES string of the molecule is Cc1cnc2[nH]c[c]c2c1C(N)=O. The van der Waals surface area contributed by atoms with E-state index in [0.717, 1.165) is 5.56 Å². The number of aromatic amines is 1. The molecular formula is C9H8N3O. The van der Waals surface area contributed by atoms with Crippen LogP contribution in [0.25, 0.3) is 11.0 Å². The number of nitrogens with one attached hydrogen (secondary N) is 1. The number of hydrogen-bond acceptors (Lipinski definition) is 2. The van der Waals surface area contributed by atoms with E-state index in [1.807, 2.05) is 0 Å². The van der Waals surface area contributed by atoms with Crippen molar-refractivity contribution in [3.8, 4) is 0 Å². The molecule has 0 fully saturated rings. The van der Waals surface area contributed by atoms with Gasteiger partial charge in [-0.1, -0.05) is 0 Å². The molecule has 13 heavy (non-hydrogen) atoms. The van der Waals surface area contributed by atoms with E-state index in [9.17, 15) is 4.79 Å². The zero-order chi connectivity index (χ0) is 9.42. The van der Waals surface area contributed by atoms with E-state index in [2.05, 4.69) is 16.0 Å². The predicted molar refractivity (Wildman–Crippen MR) is 48.2 cm³/mol. The molecule has 0 atom stereocenters. The van der Waals surface area contributed by atoms with Crippen molar-refractivity contribution in [1.82, 2.24) is 9.97 Å². The lowest BCUT2D eigenvalue weighted by molar-refractivity contribution is 0.100. The lowest BCUT2D eigenvalue weighted by atomic mass is 10.1. The number of hydrogen-bond donors (Lipinski definition) is 2. The van der Waals surface area contributed by atoms with Gasteiger partial charge < -0.3 is 10.7 Å². The van der Waals surface area contributed by atoms with Gasteiger partial charge in [-0.15, -0.1) is 0 Å². The molecule has 2 heterocycles. The highest BCUT2D eigenvalue weighted by atomic mass is 16.1. The molecule has 0 aromatic carbocycles. The summed E-state index contributed by atoms with van der Waals surface area (Å²) in [6, 6.07) is 2.89. The molecule has 0 spiro atoms. The van der Waals surface area contributed by atoms with Crippen LogP contribution in [0.1, 0.15) is 15.9 Å². The van der Waals surface area contributed by atoms with E-state index in [0.29, 0.717) is 16.6 Å². The maximum absolute atomic E-state index is 11.1. The topological polar surface area (TPSA) is 71.8 Å². The van der Waals surface area contributed by atoms with Crippen LogP contribution in [0.15, 0.2) is 12.4 Å². The number of aryl methyl sites for hydroxylation is 1. The van der Waals surface area contributed by atoms with Gasteiger partial charge in [-0.3, -0.25) is 4.79 Å². The van der Waals surface area contributed by atoms with Crippen LogP contribution in [0.4, 0.5) is 0 Å². The maximum atomic E-state index is 11.1. The van der Waals surface area contributed by atoms with Crippen molar-refractivity contribution in [2.24, 2.45) is 5.73 Å². The molecule has 0 saturated carbocycles. The zero-order valence-electron chi connectivity index (χ0n) is 7.09. The molecule has 4 heteroatoms. The Bertz CT molecular complexity index is 473. The second-order valence-corrected chi connectivity index (χ2v) is 2.84.